The van der Waals surface area contributed by atoms with Crippen LogP contribution < -0.4 is 10.1 Å². The summed E-state index contributed by atoms with van der Waals surface area (Å²) in [7, 11) is 1.89. The number of carbonyl (C=O) groups excluding carboxylic acids is 2. The molecule has 0 aliphatic carbocycles. The molecule has 1 atom stereocenters. The molecule has 3 heterocycles. The molecule has 2 aliphatic heterocycles. The van der Waals surface area contributed by atoms with Crippen molar-refractivity contribution in [3.05, 3.63) is 71.1 Å². The van der Waals surface area contributed by atoms with E-state index >= 15 is 0 Å². The van der Waals surface area contributed by atoms with Crippen LogP contribution in [0.5, 0.6) is 5.75 Å². The predicted octanol–water partition coefficient (Wildman–Crippen LogP) is 4.28. The average Bonchev–Trinajstić information content (AvgIpc) is 3.16. The van der Waals surface area contributed by atoms with E-state index < -0.39 is 18.2 Å². The number of hydrogen-bond donors (Lipinski definition) is 1. The molecule has 2 aliphatic rings. The Balaban J connectivity index is 1.70. The van der Waals surface area contributed by atoms with Crippen molar-refractivity contribution >= 4 is 28.4 Å². The molecule has 1 N–H and O–H groups in total. The van der Waals surface area contributed by atoms with Crippen LogP contribution in [0.3, 0.4) is 0 Å². The Morgan fingerprint density at radius 1 is 1.16 bits per heavy atom. The van der Waals surface area contributed by atoms with E-state index in [2.05, 4.69) is 10.1 Å². The highest BCUT2D eigenvalue weighted by atomic mass is 19.4. The number of carbonyl (C=O) groups is 2. The van der Waals surface area contributed by atoms with Gasteiger partial charge in [0.05, 0.1) is 17.6 Å². The molecule has 3 aromatic rings. The highest BCUT2D eigenvalue weighted by Gasteiger charge is 2.41. The number of alkyl halides is 3. The molecule has 2 aromatic carbocycles. The molecule has 0 fully saturated rings. The zero-order chi connectivity index (χ0) is 22.8. The smallest absolute Gasteiger partial charge is 0.406 e. The lowest BCUT2D eigenvalue weighted by Crippen LogP contribution is -2.33. The summed E-state index contributed by atoms with van der Waals surface area (Å²) < 4.78 is 43.7. The van der Waals surface area contributed by atoms with Crippen LogP contribution in [0.1, 0.15) is 24.0 Å². The van der Waals surface area contributed by atoms with Gasteiger partial charge in [0.15, 0.2) is 0 Å². The van der Waals surface area contributed by atoms with Crippen LogP contribution in [0.2, 0.25) is 0 Å². The minimum absolute atomic E-state index is 0.113. The normalized spacial score (nSPS) is 18.0. The Morgan fingerprint density at radius 2 is 1.88 bits per heavy atom. The van der Waals surface area contributed by atoms with Crippen molar-refractivity contribution in [3.63, 3.8) is 0 Å². The molecule has 0 saturated carbocycles. The SMILES string of the molecule is CC(=O)N1CC2=C(C1=O)C(c1ccc(OC(F)(F)F)cc1)c1cn(C)c3cccc(c13)N2. The Labute approximate surface area is 180 Å². The lowest BCUT2D eigenvalue weighted by atomic mass is 9.84. The van der Waals surface area contributed by atoms with Gasteiger partial charge in [-0.25, -0.2) is 0 Å². The largest absolute Gasteiger partial charge is 0.573 e. The number of rotatable bonds is 2. The third-order valence-corrected chi connectivity index (χ3v) is 5.87. The van der Waals surface area contributed by atoms with Gasteiger partial charge in [0.1, 0.15) is 5.75 Å². The first kappa shape index (κ1) is 20.2. The predicted molar refractivity (Wildman–Crippen MR) is 111 cm³/mol. The van der Waals surface area contributed by atoms with E-state index in [1.54, 1.807) is 0 Å². The fraction of sp³-hybridized carbons (Fsp3) is 0.217. The first-order valence-corrected chi connectivity index (χ1v) is 9.90. The van der Waals surface area contributed by atoms with Crippen molar-refractivity contribution in [2.45, 2.75) is 19.2 Å². The number of amides is 2. The van der Waals surface area contributed by atoms with Crippen LogP contribution in [0.25, 0.3) is 10.9 Å². The third-order valence-electron chi connectivity index (χ3n) is 5.87. The quantitative estimate of drug-likeness (QED) is 0.645. The lowest BCUT2D eigenvalue weighted by molar-refractivity contribution is -0.274. The molecule has 9 heteroatoms. The van der Waals surface area contributed by atoms with Gasteiger partial charge < -0.3 is 14.6 Å². The van der Waals surface area contributed by atoms with Crippen molar-refractivity contribution in [3.8, 4) is 5.75 Å². The number of hydrogen-bond acceptors (Lipinski definition) is 4. The summed E-state index contributed by atoms with van der Waals surface area (Å²) in [6.45, 7) is 1.44. The van der Waals surface area contributed by atoms with Gasteiger partial charge in [0, 0.05) is 42.9 Å². The second kappa shape index (κ2) is 6.88. The third kappa shape index (κ3) is 3.12. The topological polar surface area (TPSA) is 63.6 Å². The first-order chi connectivity index (χ1) is 15.1. The standard InChI is InChI=1S/C23H18F3N3O3/c1-12(30)29-11-17-21(22(29)31)19(13-6-8-14(9-7-13)32-23(24,25)26)15-10-28(2)18-5-3-4-16(27-17)20(15)18/h3-10,19,27H,11H2,1-2H3. The average molecular weight is 441 g/mol. The zero-order valence-electron chi connectivity index (χ0n) is 17.2. The van der Waals surface area contributed by atoms with E-state index in [0.29, 0.717) is 16.8 Å². The Hall–Kier alpha value is -3.75. The van der Waals surface area contributed by atoms with Crippen LogP contribution in [0.15, 0.2) is 59.9 Å². The fourth-order valence-electron chi connectivity index (χ4n) is 4.58. The first-order valence-electron chi connectivity index (χ1n) is 9.90. The molecule has 1 aromatic heterocycles. The maximum Gasteiger partial charge on any atom is 0.573 e. The molecule has 0 bridgehead atoms. The van der Waals surface area contributed by atoms with Crippen LogP contribution >= 0.6 is 0 Å². The molecule has 6 nitrogen and oxygen atoms in total. The van der Waals surface area contributed by atoms with E-state index in [9.17, 15) is 22.8 Å². The minimum atomic E-state index is -4.79. The number of anilines is 1. The van der Waals surface area contributed by atoms with Crippen LogP contribution in [-0.4, -0.2) is 34.2 Å². The van der Waals surface area contributed by atoms with Gasteiger partial charge >= 0.3 is 6.36 Å². The van der Waals surface area contributed by atoms with Gasteiger partial charge in [-0.15, -0.1) is 13.2 Å². The maximum atomic E-state index is 13.3. The van der Waals surface area contributed by atoms with E-state index in [4.69, 9.17) is 0 Å². The highest BCUT2D eigenvalue weighted by molar-refractivity contribution is 6.11. The summed E-state index contributed by atoms with van der Waals surface area (Å²) in [6, 6.07) is 11.3. The molecule has 0 spiro atoms. The van der Waals surface area contributed by atoms with Gasteiger partial charge in [-0.1, -0.05) is 18.2 Å². The number of aromatic nitrogens is 1. The summed E-state index contributed by atoms with van der Waals surface area (Å²) in [6.07, 6.45) is -2.88. The number of halogens is 3. The van der Waals surface area contributed by atoms with Crippen LogP contribution in [0, 0.1) is 0 Å². The zero-order valence-corrected chi connectivity index (χ0v) is 17.2. The van der Waals surface area contributed by atoms with Crippen molar-refractivity contribution in [1.29, 1.82) is 0 Å². The van der Waals surface area contributed by atoms with E-state index in [1.807, 2.05) is 36.0 Å². The molecule has 0 saturated heterocycles. The van der Waals surface area contributed by atoms with Crippen LogP contribution in [0.4, 0.5) is 18.9 Å². The number of nitrogens with one attached hydrogen (secondary N) is 1. The summed E-state index contributed by atoms with van der Waals surface area (Å²) in [4.78, 5) is 26.5. The molecule has 32 heavy (non-hydrogen) atoms. The van der Waals surface area contributed by atoms with E-state index in [-0.39, 0.29) is 18.2 Å². The van der Waals surface area contributed by atoms with Gasteiger partial charge in [0.2, 0.25) is 5.91 Å². The van der Waals surface area contributed by atoms with E-state index in [0.717, 1.165) is 22.2 Å². The van der Waals surface area contributed by atoms with Crippen molar-refractivity contribution in [1.82, 2.24) is 9.47 Å². The number of nitrogens with zero attached hydrogens (tertiary/aromatic N) is 2. The fourth-order valence-corrected chi connectivity index (χ4v) is 4.58. The van der Waals surface area contributed by atoms with Gasteiger partial charge in [-0.05, 0) is 35.4 Å². The number of aryl methyl sites for hydroxylation is 1. The second-order valence-electron chi connectivity index (χ2n) is 7.87. The molecular formula is C23H18F3N3O3. The summed E-state index contributed by atoms with van der Waals surface area (Å²) >= 11 is 0. The molecule has 2 amide bonds. The number of benzene rings is 2. The Morgan fingerprint density at radius 3 is 2.53 bits per heavy atom. The Bertz CT molecular complexity index is 1310. The van der Waals surface area contributed by atoms with Gasteiger partial charge in [0.25, 0.3) is 5.91 Å². The van der Waals surface area contributed by atoms with Gasteiger partial charge in [-0.3, -0.25) is 14.5 Å². The molecule has 5 rings (SSSR count). The summed E-state index contributed by atoms with van der Waals surface area (Å²) in [5.74, 6) is -1.69. The van der Waals surface area contributed by atoms with Crippen molar-refractivity contribution in [2.75, 3.05) is 11.9 Å². The Kier molecular flexibility index (Phi) is 4.34. The van der Waals surface area contributed by atoms with Crippen molar-refractivity contribution in [2.24, 2.45) is 7.05 Å². The summed E-state index contributed by atoms with van der Waals surface area (Å²) in [5, 5.41) is 4.26. The summed E-state index contributed by atoms with van der Waals surface area (Å²) in [5.41, 5.74) is 4.23. The monoisotopic (exact) mass is 441 g/mol. The number of ether oxygens (including phenoxy) is 1. The second-order valence-corrected chi connectivity index (χ2v) is 7.87. The maximum absolute atomic E-state index is 13.3. The molecule has 164 valence electrons. The van der Waals surface area contributed by atoms with Crippen molar-refractivity contribution < 1.29 is 27.5 Å². The minimum Gasteiger partial charge on any atom is -0.406 e. The number of imide groups is 1. The lowest BCUT2D eigenvalue weighted by Gasteiger charge is -2.20. The van der Waals surface area contributed by atoms with Crippen LogP contribution in [-0.2, 0) is 16.6 Å². The molecular weight excluding hydrogens is 423 g/mol. The highest BCUT2D eigenvalue weighted by Crippen LogP contribution is 2.46. The van der Waals surface area contributed by atoms with E-state index in [1.165, 1.54) is 36.1 Å². The molecule has 0 radical (unpaired) electrons. The van der Waals surface area contributed by atoms with Gasteiger partial charge in [-0.2, -0.15) is 0 Å². The molecule has 1 unspecified atom stereocenters.